The normalized spacial score (nSPS) is 12.9. The Morgan fingerprint density at radius 2 is 1.76 bits per heavy atom. The van der Waals surface area contributed by atoms with Crippen molar-refractivity contribution >= 4 is 34.3 Å². The summed E-state index contributed by atoms with van der Waals surface area (Å²) in [5.41, 5.74) is 2.14. The molecule has 2 aromatic rings. The van der Waals surface area contributed by atoms with Gasteiger partial charge in [0.15, 0.2) is 18.1 Å². The first-order valence-electron chi connectivity index (χ1n) is 10.5. The van der Waals surface area contributed by atoms with E-state index in [1.54, 1.807) is 12.1 Å². The van der Waals surface area contributed by atoms with Crippen LogP contribution in [-0.4, -0.2) is 39.8 Å². The van der Waals surface area contributed by atoms with Crippen LogP contribution in [0.1, 0.15) is 40.8 Å². The van der Waals surface area contributed by atoms with Crippen molar-refractivity contribution < 1.29 is 28.5 Å². The van der Waals surface area contributed by atoms with Gasteiger partial charge in [0.2, 0.25) is 0 Å². The molecule has 1 aromatic carbocycles. The van der Waals surface area contributed by atoms with E-state index in [2.05, 4.69) is 11.4 Å². The van der Waals surface area contributed by atoms with Crippen molar-refractivity contribution in [2.24, 2.45) is 0 Å². The molecule has 0 spiro atoms. The zero-order chi connectivity index (χ0) is 23.8. The number of nitrogens with zero attached hydrogens (tertiary/aromatic N) is 1. The molecule has 0 atom stereocenters. The summed E-state index contributed by atoms with van der Waals surface area (Å²) in [5.74, 6) is 0.274. The van der Waals surface area contributed by atoms with E-state index in [0.29, 0.717) is 33.4 Å². The fourth-order valence-electron chi connectivity index (χ4n) is 3.64. The van der Waals surface area contributed by atoms with E-state index in [0.717, 1.165) is 42.5 Å². The molecule has 1 amide bonds. The number of amides is 1. The lowest BCUT2D eigenvalue weighted by Crippen LogP contribution is -2.20. The average molecular weight is 471 g/mol. The van der Waals surface area contributed by atoms with Crippen molar-refractivity contribution in [2.75, 3.05) is 33.3 Å². The van der Waals surface area contributed by atoms with Gasteiger partial charge in [-0.05, 0) is 43.4 Å². The highest BCUT2D eigenvalue weighted by Gasteiger charge is 2.21. The maximum Gasteiger partial charge on any atom is 0.331 e. The maximum atomic E-state index is 12.3. The van der Waals surface area contributed by atoms with Gasteiger partial charge in [-0.3, -0.25) is 4.79 Å². The third kappa shape index (κ3) is 5.84. The van der Waals surface area contributed by atoms with Crippen LogP contribution in [0.4, 0.5) is 5.00 Å². The molecule has 0 saturated heterocycles. The summed E-state index contributed by atoms with van der Waals surface area (Å²) < 4.78 is 20.9. The van der Waals surface area contributed by atoms with Crippen LogP contribution in [0.5, 0.6) is 17.2 Å². The molecule has 174 valence electrons. The fraction of sp³-hybridized carbons (Fsp3) is 0.375. The zero-order valence-corrected chi connectivity index (χ0v) is 19.7. The second-order valence-electron chi connectivity index (χ2n) is 7.32. The van der Waals surface area contributed by atoms with Gasteiger partial charge in [-0.15, -0.1) is 11.3 Å². The summed E-state index contributed by atoms with van der Waals surface area (Å²) in [4.78, 5) is 25.6. The Bertz CT molecular complexity index is 1100. The number of benzene rings is 1. The topological polar surface area (TPSA) is 107 Å². The van der Waals surface area contributed by atoms with Gasteiger partial charge < -0.3 is 24.3 Å². The summed E-state index contributed by atoms with van der Waals surface area (Å²) in [6, 6.07) is 5.52. The van der Waals surface area contributed by atoms with Crippen molar-refractivity contribution in [3.05, 3.63) is 39.8 Å². The van der Waals surface area contributed by atoms with Crippen LogP contribution in [0.15, 0.2) is 18.2 Å². The lowest BCUT2D eigenvalue weighted by Gasteiger charge is -2.12. The number of thiophene rings is 1. The SMILES string of the molecule is COc1cc(OC)c(OC)cc1/C=C/C(=O)OCC(=O)Nc1sc2c(c1C#N)CCCCC2. The molecular weight excluding hydrogens is 444 g/mol. The van der Waals surface area contributed by atoms with Crippen molar-refractivity contribution in [3.63, 3.8) is 0 Å². The van der Waals surface area contributed by atoms with E-state index >= 15 is 0 Å². The van der Waals surface area contributed by atoms with Crippen molar-refractivity contribution in [3.8, 4) is 23.3 Å². The third-order valence-corrected chi connectivity index (χ3v) is 6.47. The quantitative estimate of drug-likeness (QED) is 0.351. The number of ether oxygens (including phenoxy) is 4. The average Bonchev–Trinajstić information content (AvgIpc) is 2.98. The molecule has 0 bridgehead atoms. The Morgan fingerprint density at radius 3 is 2.45 bits per heavy atom. The number of carbonyl (C=O) groups is 2. The predicted molar refractivity (Wildman–Crippen MR) is 125 cm³/mol. The highest BCUT2D eigenvalue weighted by atomic mass is 32.1. The summed E-state index contributed by atoms with van der Waals surface area (Å²) in [6.45, 7) is -0.459. The Kier molecular flexibility index (Phi) is 8.33. The first kappa shape index (κ1) is 24.1. The Balaban J connectivity index is 1.61. The minimum atomic E-state index is -0.690. The van der Waals surface area contributed by atoms with E-state index < -0.39 is 18.5 Å². The number of methoxy groups -OCH3 is 3. The first-order valence-corrected chi connectivity index (χ1v) is 11.3. The lowest BCUT2D eigenvalue weighted by molar-refractivity contribution is -0.142. The second kappa shape index (κ2) is 11.4. The van der Waals surface area contributed by atoms with E-state index in [9.17, 15) is 14.9 Å². The monoisotopic (exact) mass is 470 g/mol. The molecule has 0 saturated carbocycles. The minimum absolute atomic E-state index is 0.459. The highest BCUT2D eigenvalue weighted by Crippen LogP contribution is 2.37. The van der Waals surface area contributed by atoms with Crippen LogP contribution in [0.25, 0.3) is 6.08 Å². The fourth-order valence-corrected chi connectivity index (χ4v) is 4.89. The van der Waals surface area contributed by atoms with Crippen LogP contribution in [0.3, 0.4) is 0 Å². The number of nitriles is 1. The van der Waals surface area contributed by atoms with Gasteiger partial charge in [-0.1, -0.05) is 6.42 Å². The summed E-state index contributed by atoms with van der Waals surface area (Å²) in [5, 5.41) is 12.8. The first-order chi connectivity index (χ1) is 16.0. The third-order valence-electron chi connectivity index (χ3n) is 5.27. The minimum Gasteiger partial charge on any atom is -0.496 e. The van der Waals surface area contributed by atoms with Crippen LogP contribution >= 0.6 is 11.3 Å². The molecular formula is C24H26N2O6S. The molecule has 1 N–H and O–H groups in total. The number of anilines is 1. The van der Waals surface area contributed by atoms with Crippen molar-refractivity contribution in [1.82, 2.24) is 0 Å². The van der Waals surface area contributed by atoms with Gasteiger partial charge >= 0.3 is 5.97 Å². The summed E-state index contributed by atoms with van der Waals surface area (Å²) in [6.07, 6.45) is 7.75. The predicted octanol–water partition coefficient (Wildman–Crippen LogP) is 4.11. The van der Waals surface area contributed by atoms with Crippen LogP contribution in [0, 0.1) is 11.3 Å². The van der Waals surface area contributed by atoms with E-state index in [4.69, 9.17) is 18.9 Å². The number of nitrogens with one attached hydrogen (secondary N) is 1. The van der Waals surface area contributed by atoms with E-state index in [1.165, 1.54) is 44.8 Å². The summed E-state index contributed by atoms with van der Waals surface area (Å²) in [7, 11) is 4.52. The Hall–Kier alpha value is -3.51. The molecule has 0 unspecified atom stereocenters. The maximum absolute atomic E-state index is 12.3. The van der Waals surface area contributed by atoms with Crippen LogP contribution in [-0.2, 0) is 27.2 Å². The van der Waals surface area contributed by atoms with Crippen LogP contribution in [0.2, 0.25) is 0 Å². The lowest BCUT2D eigenvalue weighted by atomic mass is 10.1. The molecule has 0 radical (unpaired) electrons. The van der Waals surface area contributed by atoms with Gasteiger partial charge in [-0.2, -0.15) is 5.26 Å². The standard InChI is InChI=1S/C24H26N2O6S/c1-29-18-12-20(31-3)19(30-2)11-15(18)9-10-23(28)32-14-22(27)26-24-17(13-25)16-7-5-4-6-8-21(16)33-24/h9-12H,4-8,14H2,1-3H3,(H,26,27)/b10-9+. The molecule has 0 aliphatic heterocycles. The highest BCUT2D eigenvalue weighted by molar-refractivity contribution is 7.16. The molecule has 1 aromatic heterocycles. The molecule has 3 rings (SSSR count). The number of carbonyl (C=O) groups excluding carboxylic acids is 2. The molecule has 0 fully saturated rings. The van der Waals surface area contributed by atoms with Gasteiger partial charge in [-0.25, -0.2) is 4.79 Å². The van der Waals surface area contributed by atoms with Crippen LogP contribution < -0.4 is 19.5 Å². The molecule has 1 aliphatic carbocycles. The number of aryl methyl sites for hydroxylation is 1. The van der Waals surface area contributed by atoms with Gasteiger partial charge in [0.05, 0.1) is 26.9 Å². The number of hydrogen-bond acceptors (Lipinski definition) is 8. The van der Waals surface area contributed by atoms with Crippen molar-refractivity contribution in [1.29, 1.82) is 5.26 Å². The molecule has 1 aliphatic rings. The zero-order valence-electron chi connectivity index (χ0n) is 18.9. The van der Waals surface area contributed by atoms with Gasteiger partial charge in [0, 0.05) is 22.6 Å². The Morgan fingerprint density at radius 1 is 1.06 bits per heavy atom. The molecule has 1 heterocycles. The number of hydrogen-bond donors (Lipinski definition) is 1. The van der Waals surface area contributed by atoms with Gasteiger partial charge in [0.1, 0.15) is 16.8 Å². The summed E-state index contributed by atoms with van der Waals surface area (Å²) >= 11 is 1.44. The van der Waals surface area contributed by atoms with E-state index in [-0.39, 0.29) is 0 Å². The van der Waals surface area contributed by atoms with E-state index in [1.807, 2.05) is 0 Å². The Labute approximate surface area is 196 Å². The number of esters is 1. The van der Waals surface area contributed by atoms with Gasteiger partial charge in [0.25, 0.3) is 5.91 Å². The molecule has 8 nitrogen and oxygen atoms in total. The smallest absolute Gasteiger partial charge is 0.331 e. The second-order valence-corrected chi connectivity index (χ2v) is 8.42. The molecule has 33 heavy (non-hydrogen) atoms. The number of fused-ring (bicyclic) bond motifs is 1. The largest absolute Gasteiger partial charge is 0.496 e. The van der Waals surface area contributed by atoms with Crippen molar-refractivity contribution in [2.45, 2.75) is 32.1 Å². The molecule has 9 heteroatoms. The number of rotatable bonds is 8.